The minimum Gasteiger partial charge on any atom is -0.507 e. The normalized spacial score (nSPS) is 36.9. The molecule has 5 aromatic rings. The van der Waals surface area contributed by atoms with Crippen molar-refractivity contribution in [1.82, 2.24) is 19.9 Å². The van der Waals surface area contributed by atoms with Crippen LogP contribution in [0.1, 0.15) is 168 Å². The lowest BCUT2D eigenvalue weighted by molar-refractivity contribution is -0.366. The number of aliphatic hydroxyl groups is 5. The second kappa shape index (κ2) is 14.9. The number of nitrogens with zero attached hydrogens (tertiary/aromatic N) is 2. The number of carbonyl (C=O) groups is 2. The highest BCUT2D eigenvalue weighted by Gasteiger charge is 2.78. The molecule has 15 heteroatoms. The molecule has 11 unspecified atom stereocenters. The van der Waals surface area contributed by atoms with Crippen molar-refractivity contribution >= 4 is 33.7 Å². The van der Waals surface area contributed by atoms with E-state index in [9.17, 15) is 30.6 Å². The molecule has 2 aromatic carbocycles. The van der Waals surface area contributed by atoms with Crippen LogP contribution in [0.15, 0.2) is 60.2 Å². The van der Waals surface area contributed by atoms with Crippen molar-refractivity contribution in [2.24, 2.45) is 27.6 Å². The molecule has 388 valence electrons. The molecule has 1 saturated heterocycles. The van der Waals surface area contributed by atoms with Crippen LogP contribution in [0.5, 0.6) is 11.5 Å². The number of rotatable bonds is 2. The van der Waals surface area contributed by atoms with Crippen molar-refractivity contribution in [1.29, 1.82) is 0 Å². The van der Waals surface area contributed by atoms with Gasteiger partial charge in [-0.2, -0.15) is 0 Å². The summed E-state index contributed by atoms with van der Waals surface area (Å²) >= 11 is 0. The lowest BCUT2D eigenvalue weighted by atomic mass is 9.50. The molecule has 5 fully saturated rings. The first kappa shape index (κ1) is 45.5. The van der Waals surface area contributed by atoms with Gasteiger partial charge in [-0.15, -0.1) is 0 Å². The Morgan fingerprint density at radius 1 is 0.853 bits per heavy atom. The molecule has 11 atom stereocenters. The molecule has 6 spiro atoms. The summed E-state index contributed by atoms with van der Waals surface area (Å²) in [6.45, 7) is 1.77. The van der Waals surface area contributed by atoms with Crippen molar-refractivity contribution in [2.75, 3.05) is 11.9 Å². The molecular formula is C60H63N5O10. The molecule has 7 heterocycles. The summed E-state index contributed by atoms with van der Waals surface area (Å²) in [6, 6.07) is 6.27. The second-order valence-corrected chi connectivity index (χ2v) is 25.4. The monoisotopic (exact) mass is 1010 g/mol. The van der Waals surface area contributed by atoms with Gasteiger partial charge >= 0.3 is 0 Å². The number of nitrogens with one attached hydrogen (secondary N) is 3. The van der Waals surface area contributed by atoms with Gasteiger partial charge in [-0.25, -0.2) is 9.97 Å². The Morgan fingerprint density at radius 3 is 2.47 bits per heavy atom. The summed E-state index contributed by atoms with van der Waals surface area (Å²) in [7, 11) is 0. The maximum atomic E-state index is 15.3. The van der Waals surface area contributed by atoms with E-state index in [1.807, 2.05) is 6.20 Å². The summed E-state index contributed by atoms with van der Waals surface area (Å²) in [6.07, 6.45) is 13.3. The van der Waals surface area contributed by atoms with E-state index in [4.69, 9.17) is 14.5 Å². The van der Waals surface area contributed by atoms with Crippen molar-refractivity contribution in [2.45, 2.75) is 164 Å². The molecular weight excluding hydrogens is 951 g/mol. The number of aromatic amines is 2. The van der Waals surface area contributed by atoms with E-state index in [2.05, 4.69) is 20.3 Å². The van der Waals surface area contributed by atoms with E-state index < -0.39 is 64.3 Å². The third-order valence-corrected chi connectivity index (χ3v) is 22.0. The molecule has 4 saturated carbocycles. The van der Waals surface area contributed by atoms with Crippen molar-refractivity contribution in [3.8, 4) is 11.5 Å². The van der Waals surface area contributed by atoms with E-state index >= 15 is 9.59 Å². The Balaban J connectivity index is 1.05. The molecule has 12 aliphatic rings. The van der Waals surface area contributed by atoms with Crippen molar-refractivity contribution in [3.63, 3.8) is 0 Å². The Bertz CT molecular complexity index is 3460. The van der Waals surface area contributed by atoms with Crippen LogP contribution in [0.3, 0.4) is 0 Å². The van der Waals surface area contributed by atoms with Crippen LogP contribution >= 0.6 is 0 Å². The number of aromatic hydroxyl groups is 1. The molecule has 4 aliphatic heterocycles. The first-order valence-electron chi connectivity index (χ1n) is 27.8. The number of phenols is 1. The first-order valence-corrected chi connectivity index (χ1v) is 27.8. The minimum absolute atomic E-state index is 0.00279. The van der Waals surface area contributed by atoms with Crippen molar-refractivity contribution in [3.05, 3.63) is 116 Å². The number of carbonyl (C=O) groups excluding carboxylic acids is 2. The average molecular weight is 1010 g/mol. The van der Waals surface area contributed by atoms with Gasteiger partial charge in [0.05, 0.1) is 29.7 Å². The number of benzene rings is 2. The Labute approximate surface area is 432 Å². The number of fused-ring (bicyclic) bond motifs is 6. The molecule has 8 aliphatic carbocycles. The molecule has 75 heavy (non-hydrogen) atoms. The number of aliphatic hydroxyl groups excluding tert-OH is 5. The van der Waals surface area contributed by atoms with Crippen LogP contribution in [0.25, 0.3) is 16.3 Å². The second-order valence-electron chi connectivity index (χ2n) is 25.4. The quantitative estimate of drug-likeness (QED) is 0.0830. The number of H-pyrrole nitrogens is 2. The standard InChI is InChI=1S/C60H63N5O10/c1-28-17-33-41(38(66)18-28)49(69)44-39-20-32-30(42(44)48(33)68)9-16-62-53(32)63-24-40(67)58-26-56(12-4-5-13-56)35-8-6-7-31-37(19-29-23-61-27-64-29)65-47(43(31)46(35)58)34-21-59(74-39)51(71)50(70)52(72)60(75-59)45(34)36(58)22-57(54(60)73)15-14-55(25-57)10-2-3-11-55/h9,16-18,20-21,23,27,35,40,46,50-52,54,65-67,70-73H,2-8,10-15,19,22,24-26H2,1H3,(H,61,64)(H,62,63). The van der Waals surface area contributed by atoms with E-state index in [-0.39, 0.29) is 63.0 Å². The maximum absolute atomic E-state index is 15.3. The van der Waals surface area contributed by atoms with E-state index in [0.717, 1.165) is 105 Å². The van der Waals surface area contributed by atoms with E-state index in [1.165, 1.54) is 11.6 Å². The number of anilines is 1. The molecule has 15 nitrogen and oxygen atoms in total. The fourth-order valence-electron chi connectivity index (χ4n) is 19.2. The highest BCUT2D eigenvalue weighted by molar-refractivity contribution is 6.34. The number of phenolic OH excluding ortho intramolecular Hbond substituents is 1. The zero-order valence-electron chi connectivity index (χ0n) is 42.1. The van der Waals surface area contributed by atoms with Crippen LogP contribution in [0.2, 0.25) is 0 Å². The summed E-state index contributed by atoms with van der Waals surface area (Å²) in [4.78, 5) is 47.1. The van der Waals surface area contributed by atoms with Gasteiger partial charge in [-0.05, 0) is 159 Å². The minimum atomic E-state index is -2.43. The molecule has 0 amide bonds. The van der Waals surface area contributed by atoms with Crippen LogP contribution in [0, 0.1) is 34.5 Å². The van der Waals surface area contributed by atoms with E-state index in [1.54, 1.807) is 43.7 Å². The number of imidazole rings is 1. The van der Waals surface area contributed by atoms with Gasteiger partial charge in [0.1, 0.15) is 29.5 Å². The van der Waals surface area contributed by atoms with Crippen molar-refractivity contribution < 1.29 is 49.7 Å². The number of hydrogen-bond donors (Lipinski definition) is 9. The number of ether oxygens (including phenoxy) is 2. The average Bonchev–Trinajstić information content (AvgIpc) is 4.31. The van der Waals surface area contributed by atoms with Gasteiger partial charge in [0.15, 0.2) is 17.5 Å². The SMILES string of the molecule is Cc1cc(O)c2c(c1)C(=O)c1c(c3cc4c(nccc14)NCC(O)C14CC5(CCCC5)C5CCCc6c(Cc7cnc[nH]7)[nH]c(c6C51)C1=CC5(O3)OC3(C1=C4CC1(CCC4(CCCC4)C1)C3O)C(O)C(O)C5O)C2=O. The third kappa shape index (κ3) is 5.47. The largest absolute Gasteiger partial charge is 0.507 e. The Kier molecular flexibility index (Phi) is 9.02. The first-order chi connectivity index (χ1) is 36.2. The molecule has 3 aromatic heterocycles. The Hall–Kier alpha value is -5.68. The maximum Gasteiger partial charge on any atom is 0.261 e. The summed E-state index contributed by atoms with van der Waals surface area (Å²) < 4.78 is 14.9. The van der Waals surface area contributed by atoms with Crippen LogP contribution in [-0.2, 0) is 17.6 Å². The summed E-state index contributed by atoms with van der Waals surface area (Å²) in [5, 5.41) is 83.4. The zero-order chi connectivity index (χ0) is 50.9. The number of aryl methyl sites for hydroxylation is 1. The van der Waals surface area contributed by atoms with Crippen LogP contribution in [0.4, 0.5) is 5.82 Å². The molecule has 0 radical (unpaired) electrons. The fourth-order valence-corrected chi connectivity index (χ4v) is 19.2. The Morgan fingerprint density at radius 2 is 1.67 bits per heavy atom. The van der Waals surface area contributed by atoms with Gasteiger partial charge in [-0.1, -0.05) is 31.3 Å². The highest BCUT2D eigenvalue weighted by Crippen LogP contribution is 2.79. The van der Waals surface area contributed by atoms with Crippen LogP contribution in [-0.4, -0.2) is 111 Å². The number of aromatic nitrogens is 4. The fraction of sp³-hybridized carbons (Fsp3) is 0.533. The zero-order valence-corrected chi connectivity index (χ0v) is 42.1. The number of pyridine rings is 1. The lowest BCUT2D eigenvalue weighted by Gasteiger charge is -2.64. The van der Waals surface area contributed by atoms with E-state index in [0.29, 0.717) is 65.4 Å². The highest BCUT2D eigenvalue weighted by atomic mass is 16.7. The summed E-state index contributed by atoms with van der Waals surface area (Å²) in [5.74, 6) is -3.97. The predicted molar refractivity (Wildman–Crippen MR) is 273 cm³/mol. The van der Waals surface area contributed by atoms with Gasteiger partial charge in [0.2, 0.25) is 5.78 Å². The van der Waals surface area contributed by atoms with Gasteiger partial charge in [0.25, 0.3) is 5.79 Å². The molecule has 17 rings (SSSR count). The van der Waals surface area contributed by atoms with Gasteiger partial charge in [-0.3, -0.25) is 9.59 Å². The smallest absolute Gasteiger partial charge is 0.261 e. The molecule has 8 bridgehead atoms. The topological polar surface area (TPSA) is 243 Å². The lowest BCUT2D eigenvalue weighted by Crippen LogP contribution is -2.79. The third-order valence-electron chi connectivity index (χ3n) is 22.0. The number of hydrogen-bond acceptors (Lipinski definition) is 13. The van der Waals surface area contributed by atoms with Gasteiger partial charge in [0, 0.05) is 81.3 Å². The predicted octanol–water partition coefficient (Wildman–Crippen LogP) is 7.27. The molecule has 9 N–H and O–H groups in total. The number of ketones is 2. The van der Waals surface area contributed by atoms with Gasteiger partial charge < -0.3 is 55.4 Å². The van der Waals surface area contributed by atoms with Crippen LogP contribution < -0.4 is 10.1 Å². The summed E-state index contributed by atoms with van der Waals surface area (Å²) in [5.41, 5.74) is 2.95.